The van der Waals surface area contributed by atoms with Crippen molar-refractivity contribution in [2.75, 3.05) is 26.5 Å². The Labute approximate surface area is 88.1 Å². The van der Waals surface area contributed by atoms with Crippen LogP contribution in [0.3, 0.4) is 0 Å². The lowest BCUT2D eigenvalue weighted by Crippen LogP contribution is -2.45. The minimum atomic E-state index is 0.311. The summed E-state index contributed by atoms with van der Waals surface area (Å²) in [4.78, 5) is 0. The highest BCUT2D eigenvalue weighted by Gasteiger charge is 2.18. The minimum absolute atomic E-state index is 0.311. The maximum Gasteiger partial charge on any atom is 0.231 e. The summed E-state index contributed by atoms with van der Waals surface area (Å²) in [5, 5.41) is 3.21. The van der Waals surface area contributed by atoms with E-state index in [0.29, 0.717) is 12.7 Å². The molecule has 0 spiro atoms. The molecular formula is C11H13NO3. The van der Waals surface area contributed by atoms with Gasteiger partial charge in [0.05, 0.1) is 6.61 Å². The third-order valence-corrected chi connectivity index (χ3v) is 2.70. The first-order valence-corrected chi connectivity index (χ1v) is 5.15. The van der Waals surface area contributed by atoms with Gasteiger partial charge in [-0.15, -0.1) is 0 Å². The van der Waals surface area contributed by atoms with Gasteiger partial charge >= 0.3 is 0 Å². The van der Waals surface area contributed by atoms with Crippen LogP contribution in [0.25, 0.3) is 0 Å². The van der Waals surface area contributed by atoms with Gasteiger partial charge in [-0.05, 0) is 12.1 Å². The number of benzene rings is 1. The molecule has 2 heterocycles. The highest BCUT2D eigenvalue weighted by atomic mass is 16.7. The zero-order chi connectivity index (χ0) is 10.1. The third kappa shape index (κ3) is 1.72. The van der Waals surface area contributed by atoms with E-state index in [-0.39, 0.29) is 0 Å². The number of nitrogens with one attached hydrogen (secondary N) is 1. The Morgan fingerprint density at radius 3 is 2.93 bits per heavy atom. The van der Waals surface area contributed by atoms with E-state index in [9.17, 15) is 0 Å². The normalized spacial score (nSPS) is 18.7. The van der Waals surface area contributed by atoms with Crippen LogP contribution in [-0.2, 0) is 0 Å². The van der Waals surface area contributed by atoms with Gasteiger partial charge in [-0.25, -0.2) is 0 Å². The Balaban J connectivity index is 1.64. The van der Waals surface area contributed by atoms with E-state index in [1.807, 2.05) is 18.2 Å². The monoisotopic (exact) mass is 207 g/mol. The summed E-state index contributed by atoms with van der Waals surface area (Å²) >= 11 is 0. The molecule has 1 aromatic carbocycles. The Hall–Kier alpha value is -1.42. The van der Waals surface area contributed by atoms with Crippen LogP contribution in [0.2, 0.25) is 0 Å². The van der Waals surface area contributed by atoms with Gasteiger partial charge in [0.15, 0.2) is 11.5 Å². The quantitative estimate of drug-likeness (QED) is 0.803. The minimum Gasteiger partial charge on any atom is -0.493 e. The lowest BCUT2D eigenvalue weighted by atomic mass is 10.1. The van der Waals surface area contributed by atoms with Gasteiger partial charge < -0.3 is 19.5 Å². The Kier molecular flexibility index (Phi) is 2.14. The summed E-state index contributed by atoms with van der Waals surface area (Å²) in [6.07, 6.45) is 0. The van der Waals surface area contributed by atoms with Gasteiger partial charge in [0.25, 0.3) is 0 Å². The van der Waals surface area contributed by atoms with Crippen molar-refractivity contribution in [3.8, 4) is 17.2 Å². The van der Waals surface area contributed by atoms with Crippen molar-refractivity contribution in [3.05, 3.63) is 18.2 Å². The molecule has 0 radical (unpaired) electrons. The first-order chi connectivity index (χ1) is 7.42. The Morgan fingerprint density at radius 1 is 1.27 bits per heavy atom. The van der Waals surface area contributed by atoms with Crippen molar-refractivity contribution in [1.29, 1.82) is 0 Å². The molecule has 0 aliphatic carbocycles. The molecule has 0 atom stereocenters. The lowest BCUT2D eigenvalue weighted by molar-refractivity contribution is 0.173. The summed E-state index contributed by atoms with van der Waals surface area (Å²) in [6.45, 7) is 3.20. The molecule has 0 unspecified atom stereocenters. The smallest absolute Gasteiger partial charge is 0.231 e. The molecule has 4 nitrogen and oxygen atoms in total. The molecule has 0 bridgehead atoms. The zero-order valence-electron chi connectivity index (χ0n) is 8.36. The molecule has 1 aromatic rings. The van der Waals surface area contributed by atoms with E-state index >= 15 is 0 Å². The van der Waals surface area contributed by atoms with Crippen LogP contribution in [0.1, 0.15) is 0 Å². The van der Waals surface area contributed by atoms with E-state index in [0.717, 1.165) is 36.9 Å². The first kappa shape index (κ1) is 8.85. The number of fused-ring (bicyclic) bond motifs is 1. The fourth-order valence-corrected chi connectivity index (χ4v) is 1.65. The fourth-order valence-electron chi connectivity index (χ4n) is 1.65. The van der Waals surface area contributed by atoms with Crippen LogP contribution >= 0.6 is 0 Å². The topological polar surface area (TPSA) is 39.7 Å². The second kappa shape index (κ2) is 3.62. The standard InChI is InChI=1S/C11H13NO3/c1-2-10-11(15-7-14-10)3-9(1)13-6-8-4-12-5-8/h1-3,8,12H,4-7H2. The maximum atomic E-state index is 5.66. The van der Waals surface area contributed by atoms with Gasteiger partial charge in [-0.1, -0.05) is 0 Å². The van der Waals surface area contributed by atoms with Crippen LogP contribution < -0.4 is 19.5 Å². The molecule has 0 aromatic heterocycles. The van der Waals surface area contributed by atoms with Crippen molar-refractivity contribution < 1.29 is 14.2 Å². The molecule has 80 valence electrons. The average molecular weight is 207 g/mol. The van der Waals surface area contributed by atoms with Gasteiger partial charge in [-0.3, -0.25) is 0 Å². The maximum absolute atomic E-state index is 5.66. The van der Waals surface area contributed by atoms with E-state index in [1.165, 1.54) is 0 Å². The summed E-state index contributed by atoms with van der Waals surface area (Å²) in [5.74, 6) is 3.08. The van der Waals surface area contributed by atoms with Crippen molar-refractivity contribution in [3.63, 3.8) is 0 Å². The van der Waals surface area contributed by atoms with Gasteiger partial charge in [0, 0.05) is 25.1 Å². The first-order valence-electron chi connectivity index (χ1n) is 5.15. The molecule has 1 saturated heterocycles. The second-order valence-electron chi connectivity index (χ2n) is 3.85. The largest absolute Gasteiger partial charge is 0.493 e. The summed E-state index contributed by atoms with van der Waals surface area (Å²) in [6, 6.07) is 5.69. The van der Waals surface area contributed by atoms with E-state index in [2.05, 4.69) is 5.32 Å². The molecule has 3 rings (SSSR count). The van der Waals surface area contributed by atoms with E-state index < -0.39 is 0 Å². The zero-order valence-corrected chi connectivity index (χ0v) is 8.36. The number of rotatable bonds is 3. The van der Waals surface area contributed by atoms with Crippen LogP contribution in [0.5, 0.6) is 17.2 Å². The molecule has 2 aliphatic rings. The van der Waals surface area contributed by atoms with Crippen LogP contribution in [-0.4, -0.2) is 26.5 Å². The van der Waals surface area contributed by atoms with Gasteiger partial charge in [-0.2, -0.15) is 0 Å². The van der Waals surface area contributed by atoms with Crippen LogP contribution in [0, 0.1) is 5.92 Å². The van der Waals surface area contributed by atoms with Crippen molar-refractivity contribution in [2.45, 2.75) is 0 Å². The van der Waals surface area contributed by atoms with Crippen LogP contribution in [0.15, 0.2) is 18.2 Å². The molecule has 2 aliphatic heterocycles. The Morgan fingerprint density at radius 2 is 2.13 bits per heavy atom. The van der Waals surface area contributed by atoms with Gasteiger partial charge in [0.2, 0.25) is 6.79 Å². The molecular weight excluding hydrogens is 194 g/mol. The Bertz CT molecular complexity index is 363. The molecule has 1 N–H and O–H groups in total. The summed E-state index contributed by atoms with van der Waals surface area (Å²) in [7, 11) is 0. The average Bonchev–Trinajstić information content (AvgIpc) is 2.62. The predicted molar refractivity (Wildman–Crippen MR) is 54.4 cm³/mol. The van der Waals surface area contributed by atoms with E-state index in [4.69, 9.17) is 14.2 Å². The molecule has 1 fully saturated rings. The second-order valence-corrected chi connectivity index (χ2v) is 3.85. The molecule has 4 heteroatoms. The summed E-state index contributed by atoms with van der Waals surface area (Å²) in [5.41, 5.74) is 0. The summed E-state index contributed by atoms with van der Waals surface area (Å²) < 4.78 is 16.2. The predicted octanol–water partition coefficient (Wildman–Crippen LogP) is 1.01. The SMILES string of the molecule is c1cc2c(cc1OCC1CNC1)OCO2. The van der Waals surface area contributed by atoms with Gasteiger partial charge in [0.1, 0.15) is 5.75 Å². The molecule has 0 saturated carbocycles. The number of hydrogen-bond acceptors (Lipinski definition) is 4. The molecule has 0 amide bonds. The number of hydrogen-bond donors (Lipinski definition) is 1. The third-order valence-electron chi connectivity index (χ3n) is 2.70. The number of ether oxygens (including phenoxy) is 3. The highest BCUT2D eigenvalue weighted by Crippen LogP contribution is 2.35. The fraction of sp³-hybridized carbons (Fsp3) is 0.455. The van der Waals surface area contributed by atoms with E-state index in [1.54, 1.807) is 0 Å². The van der Waals surface area contributed by atoms with Crippen LogP contribution in [0.4, 0.5) is 0 Å². The van der Waals surface area contributed by atoms with Crippen molar-refractivity contribution in [1.82, 2.24) is 5.32 Å². The van der Waals surface area contributed by atoms with Crippen molar-refractivity contribution in [2.24, 2.45) is 5.92 Å². The molecule has 15 heavy (non-hydrogen) atoms. The highest BCUT2D eigenvalue weighted by molar-refractivity contribution is 5.46. The lowest BCUT2D eigenvalue weighted by Gasteiger charge is -2.26. The van der Waals surface area contributed by atoms with Crippen molar-refractivity contribution >= 4 is 0 Å².